The number of aliphatic hydroxyl groups is 2. The van der Waals surface area contributed by atoms with Crippen LogP contribution in [0.2, 0.25) is 0 Å². The highest BCUT2D eigenvalue weighted by Gasteiger charge is 2.42. The van der Waals surface area contributed by atoms with Gasteiger partial charge >= 0.3 is 0 Å². The van der Waals surface area contributed by atoms with Crippen molar-refractivity contribution in [3.05, 3.63) is 0 Å². The number of primary sulfonamides is 1. The Bertz CT molecular complexity index is 1250. The molecule has 3 rings (SSSR count). The molecule has 5 atom stereocenters. The van der Waals surface area contributed by atoms with Crippen molar-refractivity contribution in [2.24, 2.45) is 28.8 Å². The third-order valence-electron chi connectivity index (χ3n) is 11.0. The van der Waals surface area contributed by atoms with E-state index in [1.807, 2.05) is 20.8 Å². The SMILES string of the molecule is CCCCN(CC(O)C(CC1CCC(O)CC1)NC(=O)C1CC(C(=O)N(CCC)CCC)CC(S(N)(=O)=O)C1)NS(=O)(=O)CC1CCCCC1. The van der Waals surface area contributed by atoms with Crippen molar-refractivity contribution in [2.75, 3.05) is 31.9 Å². The third-order valence-corrected chi connectivity index (χ3v) is 13.7. The Morgan fingerprint density at radius 2 is 1.44 bits per heavy atom. The van der Waals surface area contributed by atoms with Gasteiger partial charge in [0, 0.05) is 38.0 Å². The van der Waals surface area contributed by atoms with Gasteiger partial charge in [-0.3, -0.25) is 9.59 Å². The van der Waals surface area contributed by atoms with Gasteiger partial charge in [0.1, 0.15) is 0 Å². The Balaban J connectivity index is 1.81. The molecular formula is C35H67N5O8S2. The average Bonchev–Trinajstić information content (AvgIpc) is 3.06. The summed E-state index contributed by atoms with van der Waals surface area (Å²) in [4.78, 5) is 32.1. The van der Waals surface area contributed by atoms with E-state index in [0.29, 0.717) is 45.3 Å². The van der Waals surface area contributed by atoms with Gasteiger partial charge in [-0.25, -0.2) is 27.0 Å². The number of sulfonamides is 2. The number of carbonyl (C=O) groups excluding carboxylic acids is 2. The predicted octanol–water partition coefficient (Wildman–Crippen LogP) is 3.01. The molecule has 292 valence electrons. The molecule has 3 aliphatic carbocycles. The first kappa shape index (κ1) is 43.0. The zero-order chi connectivity index (χ0) is 36.9. The number of nitrogens with two attached hydrogens (primary N) is 1. The second kappa shape index (κ2) is 20.8. The highest BCUT2D eigenvalue weighted by molar-refractivity contribution is 7.89. The van der Waals surface area contributed by atoms with Crippen LogP contribution >= 0.6 is 0 Å². The van der Waals surface area contributed by atoms with Crippen LogP contribution in [0, 0.1) is 23.7 Å². The topological polar surface area (TPSA) is 199 Å². The molecule has 15 heteroatoms. The predicted molar refractivity (Wildman–Crippen MR) is 195 cm³/mol. The maximum absolute atomic E-state index is 14.0. The van der Waals surface area contributed by atoms with Gasteiger partial charge in [0.2, 0.25) is 31.9 Å². The summed E-state index contributed by atoms with van der Waals surface area (Å²) in [5.74, 6) is -1.81. The standard InChI is InChI=1S/C35H67N5O8S2/c1-4-7-19-40(38-49(45,46)25-27-11-9-8-10-12-27)24-33(42)32(20-26-13-15-30(41)16-14-26)37-34(43)28-21-29(23-31(22-28)50(36,47)48)35(44)39(17-5-2)18-6-3/h26-33,38,41-42H,4-25H2,1-3H3,(H,37,43)(H2,36,47,48). The Morgan fingerprint density at radius 3 is 2.02 bits per heavy atom. The number of unbranched alkanes of at least 4 members (excludes halogenated alkanes) is 1. The number of nitrogens with one attached hydrogen (secondary N) is 2. The lowest BCUT2D eigenvalue weighted by Gasteiger charge is -2.37. The van der Waals surface area contributed by atoms with E-state index in [2.05, 4.69) is 10.1 Å². The maximum Gasteiger partial charge on any atom is 0.225 e. The molecule has 0 aliphatic heterocycles. The molecule has 2 amide bonds. The van der Waals surface area contributed by atoms with Crippen LogP contribution in [0.1, 0.15) is 130 Å². The monoisotopic (exact) mass is 749 g/mol. The zero-order valence-corrected chi connectivity index (χ0v) is 32.4. The number of amides is 2. The van der Waals surface area contributed by atoms with Gasteiger partial charge in [-0.2, -0.15) is 0 Å². The quantitative estimate of drug-likeness (QED) is 0.116. The second-order valence-corrected chi connectivity index (χ2v) is 19.0. The first-order valence-electron chi connectivity index (χ1n) is 19.4. The van der Waals surface area contributed by atoms with Crippen LogP contribution < -0.4 is 15.3 Å². The van der Waals surface area contributed by atoms with Crippen molar-refractivity contribution in [1.82, 2.24) is 20.1 Å². The van der Waals surface area contributed by atoms with E-state index in [-0.39, 0.29) is 55.4 Å². The molecule has 0 bridgehead atoms. The number of rotatable bonds is 20. The summed E-state index contributed by atoms with van der Waals surface area (Å²) in [6.07, 6.45) is 9.84. The fourth-order valence-electron chi connectivity index (χ4n) is 8.21. The molecule has 0 aromatic heterocycles. The van der Waals surface area contributed by atoms with Crippen LogP contribution in [0.25, 0.3) is 0 Å². The molecule has 6 N–H and O–H groups in total. The van der Waals surface area contributed by atoms with Crippen LogP contribution in [-0.4, -0.2) is 104 Å². The molecule has 0 radical (unpaired) electrons. The summed E-state index contributed by atoms with van der Waals surface area (Å²) >= 11 is 0. The van der Waals surface area contributed by atoms with Gasteiger partial charge in [-0.15, -0.1) is 4.83 Å². The summed E-state index contributed by atoms with van der Waals surface area (Å²) in [7, 11) is -7.69. The highest BCUT2D eigenvalue weighted by Crippen LogP contribution is 2.35. The number of carbonyl (C=O) groups is 2. The highest BCUT2D eigenvalue weighted by atomic mass is 32.2. The molecule has 0 saturated heterocycles. The normalized spacial score (nSPS) is 26.7. The van der Waals surface area contributed by atoms with E-state index in [0.717, 1.165) is 64.2 Å². The third kappa shape index (κ3) is 14.2. The molecule has 0 heterocycles. The van der Waals surface area contributed by atoms with Crippen LogP contribution in [0.15, 0.2) is 0 Å². The first-order chi connectivity index (χ1) is 23.6. The molecule has 3 saturated carbocycles. The lowest BCUT2D eigenvalue weighted by molar-refractivity contribution is -0.138. The molecule has 0 spiro atoms. The summed E-state index contributed by atoms with van der Waals surface area (Å²) in [5, 5.41) is 31.0. The van der Waals surface area contributed by atoms with Crippen LogP contribution in [0.3, 0.4) is 0 Å². The molecular weight excluding hydrogens is 683 g/mol. The molecule has 3 fully saturated rings. The minimum atomic E-state index is -4.03. The summed E-state index contributed by atoms with van der Waals surface area (Å²) in [6.45, 7) is 7.40. The van der Waals surface area contributed by atoms with Crippen molar-refractivity contribution in [3.63, 3.8) is 0 Å². The maximum atomic E-state index is 14.0. The fraction of sp³-hybridized carbons (Fsp3) is 0.943. The summed E-state index contributed by atoms with van der Waals surface area (Å²) < 4.78 is 51.8. The van der Waals surface area contributed by atoms with Crippen LogP contribution in [-0.2, 0) is 29.6 Å². The number of hydrogen-bond donors (Lipinski definition) is 5. The molecule has 5 unspecified atom stereocenters. The minimum Gasteiger partial charge on any atom is -0.393 e. The average molecular weight is 750 g/mol. The van der Waals surface area contributed by atoms with Crippen molar-refractivity contribution < 1.29 is 36.6 Å². The van der Waals surface area contributed by atoms with Crippen molar-refractivity contribution in [3.8, 4) is 0 Å². The summed E-state index contributed by atoms with van der Waals surface area (Å²) in [6, 6.07) is -0.754. The lowest BCUT2D eigenvalue weighted by Crippen LogP contribution is -2.55. The van der Waals surface area contributed by atoms with Crippen LogP contribution in [0.4, 0.5) is 0 Å². The van der Waals surface area contributed by atoms with Crippen molar-refractivity contribution in [1.29, 1.82) is 0 Å². The minimum absolute atomic E-state index is 0.0158. The number of nitrogens with zero attached hydrogens (tertiary/aromatic N) is 2. The van der Waals surface area contributed by atoms with Gasteiger partial charge in [-0.05, 0) is 95.3 Å². The Hall–Kier alpha value is -1.36. The Labute approximate surface area is 301 Å². The summed E-state index contributed by atoms with van der Waals surface area (Å²) in [5.41, 5.74) is 0. The van der Waals surface area contributed by atoms with Gasteiger partial charge in [0.25, 0.3) is 0 Å². The Morgan fingerprint density at radius 1 is 0.820 bits per heavy atom. The van der Waals surface area contributed by atoms with E-state index < -0.39 is 55.2 Å². The molecule has 50 heavy (non-hydrogen) atoms. The smallest absolute Gasteiger partial charge is 0.225 e. The van der Waals surface area contributed by atoms with Crippen molar-refractivity contribution in [2.45, 2.75) is 153 Å². The zero-order valence-electron chi connectivity index (χ0n) is 30.8. The van der Waals surface area contributed by atoms with Gasteiger partial charge < -0.3 is 20.4 Å². The lowest BCUT2D eigenvalue weighted by atomic mass is 9.79. The van der Waals surface area contributed by atoms with Crippen LogP contribution in [0.5, 0.6) is 0 Å². The Kier molecular flexibility index (Phi) is 17.9. The number of hydrazine groups is 1. The molecule has 0 aromatic carbocycles. The van der Waals surface area contributed by atoms with E-state index in [9.17, 15) is 36.6 Å². The molecule has 3 aliphatic rings. The van der Waals surface area contributed by atoms with E-state index >= 15 is 0 Å². The number of aliphatic hydroxyl groups excluding tert-OH is 2. The first-order valence-corrected chi connectivity index (χ1v) is 22.6. The van der Waals surface area contributed by atoms with Gasteiger partial charge in [0.15, 0.2) is 0 Å². The van der Waals surface area contributed by atoms with E-state index in [1.54, 1.807) is 9.91 Å². The molecule has 0 aromatic rings. The second-order valence-electron chi connectivity index (χ2n) is 15.4. The molecule has 13 nitrogen and oxygen atoms in total. The van der Waals surface area contributed by atoms with E-state index in [1.165, 1.54) is 0 Å². The largest absolute Gasteiger partial charge is 0.393 e. The van der Waals surface area contributed by atoms with Crippen molar-refractivity contribution >= 4 is 31.9 Å². The number of hydrogen-bond acceptors (Lipinski definition) is 9. The van der Waals surface area contributed by atoms with Gasteiger partial charge in [-0.1, -0.05) is 46.5 Å². The fourth-order valence-corrected chi connectivity index (χ4v) is 10.8. The van der Waals surface area contributed by atoms with E-state index in [4.69, 9.17) is 5.14 Å². The van der Waals surface area contributed by atoms with Gasteiger partial charge in [0.05, 0.1) is 29.3 Å².